The van der Waals surface area contributed by atoms with Crippen LogP contribution in [-0.4, -0.2) is 8.32 Å². The molecule has 7 heteroatoms. The first-order chi connectivity index (χ1) is 9.74. The highest BCUT2D eigenvalue weighted by Crippen LogP contribution is 2.33. The smallest absolute Gasteiger partial charge is 0.250 e. The Balaban J connectivity index is 3.32. The molecule has 0 spiro atoms. The molecule has 118 valence electrons. The summed E-state index contributed by atoms with van der Waals surface area (Å²) in [5, 5.41) is 0. The van der Waals surface area contributed by atoms with E-state index >= 15 is 0 Å². The molecule has 0 aliphatic rings. The summed E-state index contributed by atoms with van der Waals surface area (Å²) in [5.74, 6) is -10.5. The largest absolute Gasteiger partial charge is 0.543 e. The van der Waals surface area contributed by atoms with E-state index in [-0.39, 0.29) is 0 Å². The van der Waals surface area contributed by atoms with E-state index in [2.05, 4.69) is 6.58 Å². The molecule has 0 saturated carbocycles. The molecule has 0 aliphatic carbocycles. The monoisotopic (exact) mass is 324 g/mol. The molecule has 0 heterocycles. The summed E-state index contributed by atoms with van der Waals surface area (Å²) in [6.07, 6.45) is 0. The maximum Gasteiger partial charge on any atom is 0.250 e. The molecule has 0 unspecified atom stereocenters. The Morgan fingerprint density at radius 3 is 1.48 bits per heavy atom. The van der Waals surface area contributed by atoms with Gasteiger partial charge in [0.05, 0.1) is 5.56 Å². The molecule has 1 rings (SSSR count). The fourth-order valence-electron chi connectivity index (χ4n) is 2.13. The number of halogens is 5. The summed E-state index contributed by atoms with van der Waals surface area (Å²) in [6.45, 7) is 8.96. The van der Waals surface area contributed by atoms with Crippen molar-refractivity contribution in [3.8, 4) is 0 Å². The lowest BCUT2D eigenvalue weighted by molar-refractivity contribution is 0.370. The maximum atomic E-state index is 13.7. The van der Waals surface area contributed by atoms with Gasteiger partial charge >= 0.3 is 0 Å². The molecular formula is C14H17F5OSi. The van der Waals surface area contributed by atoms with Gasteiger partial charge < -0.3 is 4.43 Å². The molecule has 0 aliphatic heterocycles. The molecule has 0 N–H and O–H groups in total. The van der Waals surface area contributed by atoms with Crippen molar-refractivity contribution in [2.75, 3.05) is 0 Å². The summed E-state index contributed by atoms with van der Waals surface area (Å²) >= 11 is 0. The number of rotatable bonds is 6. The molecule has 1 aromatic rings. The van der Waals surface area contributed by atoms with Crippen molar-refractivity contribution in [1.82, 2.24) is 0 Å². The van der Waals surface area contributed by atoms with Crippen LogP contribution in [0.1, 0.15) is 26.3 Å². The normalized spacial score (nSPS) is 11.6. The van der Waals surface area contributed by atoms with Crippen molar-refractivity contribution < 1.29 is 26.4 Å². The SMILES string of the molecule is C=C(O[Si](CC)(CC)CC)c1c(F)c(F)c(F)c(F)c1F. The van der Waals surface area contributed by atoms with Crippen molar-refractivity contribution in [1.29, 1.82) is 0 Å². The summed E-state index contributed by atoms with van der Waals surface area (Å²) < 4.78 is 72.4. The van der Waals surface area contributed by atoms with Crippen LogP contribution in [-0.2, 0) is 4.43 Å². The molecular weight excluding hydrogens is 307 g/mol. The lowest BCUT2D eigenvalue weighted by atomic mass is 10.1. The van der Waals surface area contributed by atoms with Gasteiger partial charge in [-0.1, -0.05) is 27.4 Å². The Morgan fingerprint density at radius 1 is 0.810 bits per heavy atom. The van der Waals surface area contributed by atoms with Crippen LogP contribution in [0.4, 0.5) is 22.0 Å². The quantitative estimate of drug-likeness (QED) is 0.225. The minimum atomic E-state index is -2.33. The molecule has 0 bridgehead atoms. The average molecular weight is 324 g/mol. The molecule has 0 amide bonds. The Morgan fingerprint density at radius 2 is 1.14 bits per heavy atom. The highest BCUT2D eigenvalue weighted by molar-refractivity contribution is 6.74. The average Bonchev–Trinajstić information content (AvgIpc) is 2.49. The van der Waals surface area contributed by atoms with Crippen molar-refractivity contribution >= 4 is 14.1 Å². The maximum absolute atomic E-state index is 13.7. The highest BCUT2D eigenvalue weighted by atomic mass is 28.4. The number of benzene rings is 1. The van der Waals surface area contributed by atoms with E-state index in [1.165, 1.54) is 0 Å². The Hall–Kier alpha value is -1.37. The van der Waals surface area contributed by atoms with Crippen LogP contribution in [0, 0.1) is 29.1 Å². The second kappa shape index (κ2) is 6.59. The molecule has 0 aromatic heterocycles. The zero-order chi connectivity index (χ0) is 16.4. The first-order valence-electron chi connectivity index (χ1n) is 6.64. The number of hydrogen-bond acceptors (Lipinski definition) is 1. The molecule has 0 saturated heterocycles. The van der Waals surface area contributed by atoms with Crippen LogP contribution in [0.25, 0.3) is 5.76 Å². The van der Waals surface area contributed by atoms with Crippen LogP contribution in [0.15, 0.2) is 6.58 Å². The van der Waals surface area contributed by atoms with Crippen LogP contribution in [0.3, 0.4) is 0 Å². The van der Waals surface area contributed by atoms with E-state index in [9.17, 15) is 22.0 Å². The van der Waals surface area contributed by atoms with E-state index < -0.39 is 48.7 Å². The topological polar surface area (TPSA) is 9.23 Å². The fourth-order valence-corrected chi connectivity index (χ4v) is 4.69. The molecule has 1 aromatic carbocycles. The van der Waals surface area contributed by atoms with Crippen LogP contribution < -0.4 is 0 Å². The summed E-state index contributed by atoms with van der Waals surface area (Å²) in [5.41, 5.74) is -1.08. The van der Waals surface area contributed by atoms with Gasteiger partial charge in [0.1, 0.15) is 5.76 Å². The van der Waals surface area contributed by atoms with E-state index in [1.54, 1.807) is 0 Å². The summed E-state index contributed by atoms with van der Waals surface area (Å²) in [6, 6.07) is 1.94. The molecule has 0 fully saturated rings. The predicted octanol–water partition coefficient (Wildman–Crippen LogP) is 5.37. The lowest BCUT2D eigenvalue weighted by Gasteiger charge is -2.30. The summed E-state index contributed by atoms with van der Waals surface area (Å²) in [4.78, 5) is 0. The minimum absolute atomic E-state index is 0.500. The molecule has 0 radical (unpaired) electrons. The minimum Gasteiger partial charge on any atom is -0.543 e. The zero-order valence-electron chi connectivity index (χ0n) is 12.1. The van der Waals surface area contributed by atoms with E-state index in [4.69, 9.17) is 4.43 Å². The van der Waals surface area contributed by atoms with Gasteiger partial charge in [-0.3, -0.25) is 0 Å². The zero-order valence-corrected chi connectivity index (χ0v) is 13.1. The van der Waals surface area contributed by atoms with Gasteiger partial charge in [0, 0.05) is 0 Å². The molecule has 1 nitrogen and oxygen atoms in total. The molecule has 0 atom stereocenters. The third kappa shape index (κ3) is 3.12. The Bertz CT molecular complexity index is 518. The Labute approximate surface area is 121 Å². The van der Waals surface area contributed by atoms with Crippen molar-refractivity contribution in [2.45, 2.75) is 38.9 Å². The van der Waals surface area contributed by atoms with Gasteiger partial charge in [0.25, 0.3) is 0 Å². The third-order valence-electron chi connectivity index (χ3n) is 3.76. The predicted molar refractivity (Wildman–Crippen MR) is 73.5 cm³/mol. The third-order valence-corrected chi connectivity index (χ3v) is 8.31. The standard InChI is InChI=1S/C14H17F5OSi/c1-5-21(6-2,7-3)20-8(4)9-10(15)12(17)14(19)13(18)11(9)16/h4-7H2,1-3H3. The van der Waals surface area contributed by atoms with Crippen molar-refractivity contribution in [3.05, 3.63) is 41.2 Å². The number of hydrogen-bond donors (Lipinski definition) is 0. The first-order valence-corrected chi connectivity index (χ1v) is 9.17. The van der Waals surface area contributed by atoms with Crippen LogP contribution in [0.2, 0.25) is 18.1 Å². The summed E-state index contributed by atoms with van der Waals surface area (Å²) in [7, 11) is -2.33. The van der Waals surface area contributed by atoms with E-state index in [0.717, 1.165) is 0 Å². The van der Waals surface area contributed by atoms with Gasteiger partial charge in [-0.25, -0.2) is 22.0 Å². The van der Waals surface area contributed by atoms with Crippen molar-refractivity contribution in [3.63, 3.8) is 0 Å². The van der Waals surface area contributed by atoms with Gasteiger partial charge in [0.2, 0.25) is 14.1 Å². The van der Waals surface area contributed by atoms with E-state index in [1.807, 2.05) is 20.8 Å². The van der Waals surface area contributed by atoms with Gasteiger partial charge in [-0.05, 0) is 18.1 Å². The highest BCUT2D eigenvalue weighted by Gasteiger charge is 2.34. The second-order valence-corrected chi connectivity index (χ2v) is 9.41. The van der Waals surface area contributed by atoms with Crippen LogP contribution >= 0.6 is 0 Å². The molecule has 21 heavy (non-hydrogen) atoms. The van der Waals surface area contributed by atoms with Gasteiger partial charge in [-0.15, -0.1) is 0 Å². The second-order valence-electron chi connectivity index (χ2n) is 4.71. The fraction of sp³-hybridized carbons (Fsp3) is 0.429. The van der Waals surface area contributed by atoms with E-state index in [0.29, 0.717) is 18.1 Å². The van der Waals surface area contributed by atoms with Crippen LogP contribution in [0.5, 0.6) is 0 Å². The van der Waals surface area contributed by atoms with Gasteiger partial charge in [-0.2, -0.15) is 0 Å². The van der Waals surface area contributed by atoms with Crippen molar-refractivity contribution in [2.24, 2.45) is 0 Å². The Kier molecular flexibility index (Phi) is 5.55. The van der Waals surface area contributed by atoms with Gasteiger partial charge in [0.15, 0.2) is 23.3 Å². The lowest BCUT2D eigenvalue weighted by Crippen LogP contribution is -2.35. The first kappa shape index (κ1) is 17.7.